The number of rotatable bonds is 2. The van der Waals surface area contributed by atoms with Crippen LogP contribution in [0.15, 0.2) is 32.3 Å². The zero-order valence-corrected chi connectivity index (χ0v) is 15.2. The van der Waals surface area contributed by atoms with Crippen LogP contribution in [0.5, 0.6) is 5.75 Å². The van der Waals surface area contributed by atoms with Gasteiger partial charge in [0.2, 0.25) is 5.95 Å². The molecule has 4 heterocycles. The highest BCUT2D eigenvalue weighted by molar-refractivity contribution is 5.93. The Kier molecular flexibility index (Phi) is 4.18. The van der Waals surface area contributed by atoms with Crippen LogP contribution in [0.1, 0.15) is 25.5 Å². The highest BCUT2D eigenvalue weighted by atomic mass is 16.4. The number of aryl methyl sites for hydroxylation is 1. The SMILES string of the molecule is Cc1cc(O)c(-c2ccnc3nc(N4CCC(C)CC4)[nH]c(=O)c23)c(=O)o1. The Bertz CT molecular complexity index is 1130. The van der Waals surface area contributed by atoms with Gasteiger partial charge in [0.05, 0.1) is 5.39 Å². The van der Waals surface area contributed by atoms with Crippen molar-refractivity contribution in [3.8, 4) is 16.9 Å². The van der Waals surface area contributed by atoms with E-state index < -0.39 is 11.2 Å². The summed E-state index contributed by atoms with van der Waals surface area (Å²) in [6, 6.07) is 2.84. The van der Waals surface area contributed by atoms with Gasteiger partial charge < -0.3 is 14.4 Å². The maximum Gasteiger partial charge on any atom is 0.347 e. The lowest BCUT2D eigenvalue weighted by Crippen LogP contribution is -2.35. The first-order valence-corrected chi connectivity index (χ1v) is 8.92. The van der Waals surface area contributed by atoms with Crippen LogP contribution in [-0.2, 0) is 0 Å². The number of anilines is 1. The highest BCUT2D eigenvalue weighted by Gasteiger charge is 2.21. The molecule has 3 aromatic rings. The average molecular weight is 368 g/mol. The van der Waals surface area contributed by atoms with Gasteiger partial charge in [0.15, 0.2) is 5.65 Å². The molecule has 1 fully saturated rings. The minimum Gasteiger partial charge on any atom is -0.507 e. The van der Waals surface area contributed by atoms with E-state index in [9.17, 15) is 14.7 Å². The molecule has 1 saturated heterocycles. The fourth-order valence-electron chi connectivity index (χ4n) is 3.47. The van der Waals surface area contributed by atoms with Crippen LogP contribution in [0.4, 0.5) is 5.95 Å². The Morgan fingerprint density at radius 3 is 2.74 bits per heavy atom. The lowest BCUT2D eigenvalue weighted by Gasteiger charge is -2.30. The molecule has 8 heteroatoms. The van der Waals surface area contributed by atoms with Crippen LogP contribution in [0.3, 0.4) is 0 Å². The van der Waals surface area contributed by atoms with Crippen molar-refractivity contribution in [2.75, 3.05) is 18.0 Å². The van der Waals surface area contributed by atoms with E-state index in [2.05, 4.69) is 21.9 Å². The molecule has 0 bridgehead atoms. The van der Waals surface area contributed by atoms with E-state index in [4.69, 9.17) is 4.42 Å². The molecular formula is C19H20N4O4. The number of aromatic amines is 1. The predicted molar refractivity (Wildman–Crippen MR) is 101 cm³/mol. The van der Waals surface area contributed by atoms with E-state index in [1.54, 1.807) is 6.92 Å². The largest absolute Gasteiger partial charge is 0.507 e. The van der Waals surface area contributed by atoms with E-state index in [1.807, 2.05) is 4.90 Å². The van der Waals surface area contributed by atoms with Crippen molar-refractivity contribution in [1.29, 1.82) is 0 Å². The van der Waals surface area contributed by atoms with Crippen molar-refractivity contribution < 1.29 is 9.52 Å². The number of fused-ring (bicyclic) bond motifs is 1. The van der Waals surface area contributed by atoms with Crippen LogP contribution in [0.2, 0.25) is 0 Å². The molecule has 0 spiro atoms. The number of hydrogen-bond acceptors (Lipinski definition) is 7. The summed E-state index contributed by atoms with van der Waals surface area (Å²) in [5.74, 6) is 1.17. The van der Waals surface area contributed by atoms with Crippen LogP contribution in [-0.4, -0.2) is 33.1 Å². The molecule has 4 rings (SSSR count). The first kappa shape index (κ1) is 17.3. The molecule has 1 aliphatic heterocycles. The van der Waals surface area contributed by atoms with Gasteiger partial charge in [0, 0.05) is 30.9 Å². The minimum atomic E-state index is -0.714. The Hall–Kier alpha value is -3.16. The average Bonchev–Trinajstić information content (AvgIpc) is 2.61. The van der Waals surface area contributed by atoms with Crippen molar-refractivity contribution in [2.45, 2.75) is 26.7 Å². The van der Waals surface area contributed by atoms with Gasteiger partial charge in [-0.3, -0.25) is 9.78 Å². The topological polar surface area (TPSA) is 112 Å². The number of aromatic nitrogens is 3. The smallest absolute Gasteiger partial charge is 0.347 e. The number of nitrogens with one attached hydrogen (secondary N) is 1. The first-order valence-electron chi connectivity index (χ1n) is 8.92. The van der Waals surface area contributed by atoms with E-state index in [0.717, 1.165) is 25.9 Å². The number of pyridine rings is 1. The van der Waals surface area contributed by atoms with Crippen LogP contribution >= 0.6 is 0 Å². The van der Waals surface area contributed by atoms with Gasteiger partial charge in [-0.25, -0.2) is 9.78 Å². The van der Waals surface area contributed by atoms with Crippen molar-refractivity contribution in [3.05, 3.63) is 44.9 Å². The molecule has 27 heavy (non-hydrogen) atoms. The standard InChI is InChI=1S/C19H20N4O4/c1-10-4-7-23(8-5-10)19-21-16-15(17(25)22-19)12(3-6-20-16)14-13(24)9-11(2)27-18(14)26/h3,6,9-10,24H,4-5,7-8H2,1-2H3,(H,20,21,22,25). The number of hydrogen-bond donors (Lipinski definition) is 2. The highest BCUT2D eigenvalue weighted by Crippen LogP contribution is 2.30. The molecule has 0 aliphatic carbocycles. The molecule has 0 aromatic carbocycles. The number of aromatic hydroxyl groups is 1. The van der Waals surface area contributed by atoms with Gasteiger partial charge in [0.25, 0.3) is 5.56 Å². The molecule has 3 aromatic heterocycles. The minimum absolute atomic E-state index is 0.0696. The van der Waals surface area contributed by atoms with Gasteiger partial charge in [-0.15, -0.1) is 0 Å². The summed E-state index contributed by atoms with van der Waals surface area (Å²) >= 11 is 0. The summed E-state index contributed by atoms with van der Waals surface area (Å²) < 4.78 is 5.08. The van der Waals surface area contributed by atoms with E-state index in [0.29, 0.717) is 11.9 Å². The summed E-state index contributed by atoms with van der Waals surface area (Å²) in [7, 11) is 0. The Labute approximate surface area is 154 Å². The second-order valence-electron chi connectivity index (χ2n) is 7.02. The third kappa shape index (κ3) is 3.07. The third-order valence-corrected chi connectivity index (χ3v) is 5.00. The lowest BCUT2D eigenvalue weighted by atomic mass is 10.00. The molecule has 0 saturated carbocycles. The van der Waals surface area contributed by atoms with Crippen molar-refractivity contribution in [3.63, 3.8) is 0 Å². The van der Waals surface area contributed by atoms with Gasteiger partial charge in [-0.2, -0.15) is 4.98 Å². The summed E-state index contributed by atoms with van der Waals surface area (Å²) in [5.41, 5.74) is -0.715. The Balaban J connectivity index is 1.88. The number of nitrogens with zero attached hydrogens (tertiary/aromatic N) is 3. The predicted octanol–water partition coefficient (Wildman–Crippen LogP) is 2.19. The van der Waals surface area contributed by atoms with E-state index in [1.165, 1.54) is 18.3 Å². The van der Waals surface area contributed by atoms with Gasteiger partial charge in [0.1, 0.15) is 17.1 Å². The third-order valence-electron chi connectivity index (χ3n) is 5.00. The lowest BCUT2D eigenvalue weighted by molar-refractivity contribution is 0.434. The molecule has 0 atom stereocenters. The monoisotopic (exact) mass is 368 g/mol. The second-order valence-corrected chi connectivity index (χ2v) is 7.02. The van der Waals surface area contributed by atoms with Gasteiger partial charge in [-0.1, -0.05) is 6.92 Å². The Morgan fingerprint density at radius 1 is 1.30 bits per heavy atom. The zero-order chi connectivity index (χ0) is 19.1. The Morgan fingerprint density at radius 2 is 2.04 bits per heavy atom. The van der Waals surface area contributed by atoms with Crippen molar-refractivity contribution >= 4 is 17.0 Å². The van der Waals surface area contributed by atoms with Gasteiger partial charge in [-0.05, 0) is 31.7 Å². The van der Waals surface area contributed by atoms with E-state index in [-0.39, 0.29) is 33.7 Å². The van der Waals surface area contributed by atoms with Crippen molar-refractivity contribution in [2.24, 2.45) is 5.92 Å². The van der Waals surface area contributed by atoms with Crippen LogP contribution in [0.25, 0.3) is 22.2 Å². The number of piperidine rings is 1. The summed E-state index contributed by atoms with van der Waals surface area (Å²) in [6.45, 7) is 5.41. The molecular weight excluding hydrogens is 348 g/mol. The molecule has 8 nitrogen and oxygen atoms in total. The van der Waals surface area contributed by atoms with Gasteiger partial charge >= 0.3 is 5.63 Å². The molecule has 0 unspecified atom stereocenters. The number of H-pyrrole nitrogens is 1. The fourth-order valence-corrected chi connectivity index (χ4v) is 3.47. The van der Waals surface area contributed by atoms with E-state index >= 15 is 0 Å². The molecule has 0 amide bonds. The maximum absolute atomic E-state index is 12.8. The van der Waals surface area contributed by atoms with Crippen LogP contribution < -0.4 is 16.1 Å². The van der Waals surface area contributed by atoms with Crippen molar-refractivity contribution in [1.82, 2.24) is 15.0 Å². The molecule has 0 radical (unpaired) electrons. The fraction of sp³-hybridized carbons (Fsp3) is 0.368. The maximum atomic E-state index is 12.8. The molecule has 140 valence electrons. The van der Waals surface area contributed by atoms with Crippen LogP contribution in [0, 0.1) is 12.8 Å². The summed E-state index contributed by atoms with van der Waals surface area (Å²) in [6.07, 6.45) is 3.53. The quantitative estimate of drug-likeness (QED) is 0.713. The second kappa shape index (κ2) is 6.53. The normalized spacial score (nSPS) is 15.4. The first-order chi connectivity index (χ1) is 12.9. The molecule has 2 N–H and O–H groups in total. The summed E-state index contributed by atoms with van der Waals surface area (Å²) in [4.78, 5) is 38.6. The molecule has 1 aliphatic rings. The zero-order valence-electron chi connectivity index (χ0n) is 15.2. The summed E-state index contributed by atoms with van der Waals surface area (Å²) in [5, 5.41) is 10.4.